The molecule has 3 nitrogen and oxygen atoms in total. The third-order valence-electron chi connectivity index (χ3n) is 3.58. The van der Waals surface area contributed by atoms with Crippen molar-refractivity contribution in [1.29, 1.82) is 0 Å². The van der Waals surface area contributed by atoms with E-state index in [1.807, 2.05) is 37.9 Å². The largest absolute Gasteiger partial charge is 0.435 e. The molecule has 2 rings (SSSR count). The molecular weight excluding hydrogens is 366 g/mol. The Labute approximate surface area is 156 Å². The molecule has 0 bridgehead atoms. The predicted molar refractivity (Wildman–Crippen MR) is 102 cm³/mol. The van der Waals surface area contributed by atoms with Crippen molar-refractivity contribution >= 4 is 34.6 Å². The summed E-state index contributed by atoms with van der Waals surface area (Å²) >= 11 is 11.7. The van der Waals surface area contributed by atoms with Gasteiger partial charge in [-0.15, -0.1) is 0 Å². The Hall–Kier alpha value is -1.92. The fourth-order valence-electron chi connectivity index (χ4n) is 2.40. The lowest BCUT2D eigenvalue weighted by Crippen LogP contribution is -2.30. The first-order valence-electron chi connectivity index (χ1n) is 7.59. The smallest absolute Gasteiger partial charge is 0.387 e. The second-order valence-corrected chi connectivity index (χ2v) is 6.54. The monoisotopic (exact) mass is 384 g/mol. The summed E-state index contributed by atoms with van der Waals surface area (Å²) in [6, 6.07) is 10.4. The molecule has 0 spiro atoms. The zero-order valence-electron chi connectivity index (χ0n) is 14.1. The molecule has 0 aromatic heterocycles. The summed E-state index contributed by atoms with van der Waals surface area (Å²) in [6.07, 6.45) is 0. The summed E-state index contributed by atoms with van der Waals surface area (Å²) in [5, 5.41) is 4.29. The van der Waals surface area contributed by atoms with Crippen LogP contribution in [0.5, 0.6) is 5.75 Å². The van der Waals surface area contributed by atoms with Gasteiger partial charge < -0.3 is 15.0 Å². The van der Waals surface area contributed by atoms with E-state index in [4.69, 9.17) is 23.8 Å². The van der Waals surface area contributed by atoms with Crippen molar-refractivity contribution in [1.82, 2.24) is 4.90 Å². The maximum atomic E-state index is 12.2. The van der Waals surface area contributed by atoms with Gasteiger partial charge in [-0.25, -0.2) is 0 Å². The second-order valence-electron chi connectivity index (χ2n) is 5.75. The summed E-state index contributed by atoms with van der Waals surface area (Å²) in [6.45, 7) is 1.64. The zero-order chi connectivity index (χ0) is 18.6. The molecule has 0 aliphatic heterocycles. The summed E-state index contributed by atoms with van der Waals surface area (Å²) in [7, 11) is 1.84. The molecule has 7 heteroatoms. The molecule has 1 N–H and O–H groups in total. The minimum Gasteiger partial charge on any atom is -0.435 e. The van der Waals surface area contributed by atoms with Gasteiger partial charge in [0.15, 0.2) is 5.11 Å². The number of thiocarbonyl (C=S) groups is 1. The Morgan fingerprint density at radius 3 is 2.44 bits per heavy atom. The number of ether oxygens (including phenoxy) is 1. The van der Waals surface area contributed by atoms with Gasteiger partial charge in [-0.05, 0) is 61.0 Å². The Morgan fingerprint density at radius 1 is 1.24 bits per heavy atom. The highest BCUT2D eigenvalue weighted by Gasteiger charge is 2.11. The van der Waals surface area contributed by atoms with Crippen LogP contribution in [-0.2, 0) is 6.54 Å². The van der Waals surface area contributed by atoms with E-state index in [1.54, 1.807) is 12.1 Å². The first-order chi connectivity index (χ1) is 11.8. The highest BCUT2D eigenvalue weighted by Crippen LogP contribution is 2.27. The van der Waals surface area contributed by atoms with Gasteiger partial charge in [0.1, 0.15) is 5.75 Å². The number of halogens is 3. The van der Waals surface area contributed by atoms with E-state index in [-0.39, 0.29) is 5.75 Å². The minimum absolute atomic E-state index is 0.129. The number of rotatable bonds is 5. The van der Waals surface area contributed by atoms with Crippen molar-refractivity contribution in [3.8, 4) is 5.75 Å². The number of nitrogens with one attached hydrogen (secondary N) is 1. The Morgan fingerprint density at radius 2 is 1.88 bits per heavy atom. The number of alkyl halides is 2. The topological polar surface area (TPSA) is 24.5 Å². The van der Waals surface area contributed by atoms with Crippen LogP contribution in [0.3, 0.4) is 0 Å². The molecular formula is C18H19ClF2N2OS. The third-order valence-corrected chi connectivity index (χ3v) is 4.29. The number of hydrogen-bond donors (Lipinski definition) is 1. The fraction of sp³-hybridized carbons (Fsp3) is 0.278. The first kappa shape index (κ1) is 19.4. The van der Waals surface area contributed by atoms with Crippen LogP contribution in [0, 0.1) is 13.8 Å². The van der Waals surface area contributed by atoms with Gasteiger partial charge in [-0.3, -0.25) is 0 Å². The third kappa shape index (κ3) is 5.54. The van der Waals surface area contributed by atoms with E-state index >= 15 is 0 Å². The van der Waals surface area contributed by atoms with E-state index in [9.17, 15) is 8.78 Å². The summed E-state index contributed by atoms with van der Waals surface area (Å²) in [5.41, 5.74) is 3.79. The summed E-state index contributed by atoms with van der Waals surface area (Å²) < 4.78 is 28.7. The van der Waals surface area contributed by atoms with Crippen molar-refractivity contribution < 1.29 is 13.5 Å². The molecule has 0 fully saturated rings. The van der Waals surface area contributed by atoms with E-state index in [2.05, 4.69) is 10.1 Å². The summed E-state index contributed by atoms with van der Waals surface area (Å²) in [5.74, 6) is 0.129. The maximum absolute atomic E-state index is 12.2. The van der Waals surface area contributed by atoms with E-state index in [0.717, 1.165) is 22.4 Å². The normalized spacial score (nSPS) is 10.7. The molecule has 134 valence electrons. The molecule has 0 aliphatic rings. The highest BCUT2D eigenvalue weighted by molar-refractivity contribution is 7.80. The average molecular weight is 385 g/mol. The van der Waals surface area contributed by atoms with Gasteiger partial charge in [0.05, 0.1) is 10.7 Å². The van der Waals surface area contributed by atoms with Crippen LogP contribution in [0.1, 0.15) is 16.7 Å². The van der Waals surface area contributed by atoms with E-state index < -0.39 is 6.61 Å². The average Bonchev–Trinajstić information content (AvgIpc) is 2.52. The standard InChI is InChI=1S/C18H19ClF2N2OS/c1-11-8-12(2)16(15(19)9-11)22-18(25)23(3)10-13-4-6-14(7-5-13)24-17(20)21/h4-9,17H,10H2,1-3H3,(H,22,25). The van der Waals surface area contributed by atoms with E-state index in [1.165, 1.54) is 12.1 Å². The molecule has 0 atom stereocenters. The Kier molecular flexibility index (Phi) is 6.56. The van der Waals surface area contributed by atoms with Crippen molar-refractivity contribution in [3.05, 3.63) is 58.1 Å². The molecule has 2 aromatic carbocycles. The lowest BCUT2D eigenvalue weighted by atomic mass is 10.1. The second kappa shape index (κ2) is 8.45. The van der Waals surface area contributed by atoms with E-state index in [0.29, 0.717) is 16.7 Å². The fourth-order valence-corrected chi connectivity index (χ4v) is 2.93. The Balaban J connectivity index is 2.01. The van der Waals surface area contributed by atoms with Crippen molar-refractivity contribution in [2.24, 2.45) is 0 Å². The molecule has 0 saturated heterocycles. The zero-order valence-corrected chi connectivity index (χ0v) is 15.7. The van der Waals surface area contributed by atoms with Crippen LogP contribution in [0.25, 0.3) is 0 Å². The van der Waals surface area contributed by atoms with Crippen LogP contribution >= 0.6 is 23.8 Å². The van der Waals surface area contributed by atoms with Crippen molar-refractivity contribution in [2.75, 3.05) is 12.4 Å². The van der Waals surface area contributed by atoms with Crippen molar-refractivity contribution in [3.63, 3.8) is 0 Å². The van der Waals surface area contributed by atoms with Crippen LogP contribution in [0.2, 0.25) is 5.02 Å². The van der Waals surface area contributed by atoms with Gasteiger partial charge in [-0.1, -0.05) is 29.8 Å². The van der Waals surface area contributed by atoms with Crippen LogP contribution in [0.4, 0.5) is 14.5 Å². The molecule has 0 heterocycles. The maximum Gasteiger partial charge on any atom is 0.387 e. The predicted octanol–water partition coefficient (Wildman–Crippen LogP) is 5.39. The summed E-state index contributed by atoms with van der Waals surface area (Å²) in [4.78, 5) is 1.84. The van der Waals surface area contributed by atoms with Crippen LogP contribution in [-0.4, -0.2) is 23.7 Å². The minimum atomic E-state index is -2.83. The van der Waals surface area contributed by atoms with Gasteiger partial charge in [0, 0.05) is 13.6 Å². The molecule has 0 amide bonds. The van der Waals surface area contributed by atoms with Gasteiger partial charge in [0.2, 0.25) is 0 Å². The number of hydrogen-bond acceptors (Lipinski definition) is 2. The van der Waals surface area contributed by atoms with Gasteiger partial charge >= 0.3 is 6.61 Å². The molecule has 0 saturated carbocycles. The molecule has 0 unspecified atom stereocenters. The van der Waals surface area contributed by atoms with Crippen LogP contribution < -0.4 is 10.1 Å². The lowest BCUT2D eigenvalue weighted by Gasteiger charge is -2.23. The molecule has 0 aliphatic carbocycles. The molecule has 25 heavy (non-hydrogen) atoms. The Bertz CT molecular complexity index is 730. The highest BCUT2D eigenvalue weighted by atomic mass is 35.5. The number of nitrogens with zero attached hydrogens (tertiary/aromatic N) is 1. The van der Waals surface area contributed by atoms with Crippen LogP contribution in [0.15, 0.2) is 36.4 Å². The SMILES string of the molecule is Cc1cc(C)c(NC(=S)N(C)Cc2ccc(OC(F)F)cc2)c(Cl)c1. The lowest BCUT2D eigenvalue weighted by molar-refractivity contribution is -0.0498. The van der Waals surface area contributed by atoms with Gasteiger partial charge in [-0.2, -0.15) is 8.78 Å². The first-order valence-corrected chi connectivity index (χ1v) is 8.37. The quantitative estimate of drug-likeness (QED) is 0.699. The number of aryl methyl sites for hydroxylation is 2. The van der Waals surface area contributed by atoms with Gasteiger partial charge in [0.25, 0.3) is 0 Å². The number of benzene rings is 2. The van der Waals surface area contributed by atoms with Crippen molar-refractivity contribution in [2.45, 2.75) is 27.0 Å². The molecule has 0 radical (unpaired) electrons. The molecule has 2 aromatic rings. The number of anilines is 1.